The van der Waals surface area contributed by atoms with Crippen molar-refractivity contribution in [2.45, 2.75) is 71.4 Å². The summed E-state index contributed by atoms with van der Waals surface area (Å²) in [5, 5.41) is 3.12. The van der Waals surface area contributed by atoms with Gasteiger partial charge in [0.2, 0.25) is 21.8 Å². The fraction of sp³-hybridized carbons (Fsp3) is 0.500. The summed E-state index contributed by atoms with van der Waals surface area (Å²) in [7, 11) is -3.73. The molecule has 0 bridgehead atoms. The van der Waals surface area contributed by atoms with Crippen LogP contribution in [0.1, 0.15) is 55.7 Å². The highest BCUT2D eigenvalue weighted by Gasteiger charge is 2.31. The summed E-state index contributed by atoms with van der Waals surface area (Å²) >= 11 is 0. The number of carbonyl (C=O) groups is 2. The molecule has 0 heterocycles. The zero-order valence-corrected chi connectivity index (χ0v) is 22.7. The number of nitrogens with zero attached hydrogens (tertiary/aromatic N) is 2. The molecule has 2 aromatic rings. The van der Waals surface area contributed by atoms with Gasteiger partial charge in [0.25, 0.3) is 0 Å². The van der Waals surface area contributed by atoms with Crippen LogP contribution in [-0.2, 0) is 26.0 Å². The van der Waals surface area contributed by atoms with Crippen molar-refractivity contribution in [3.05, 3.63) is 65.2 Å². The van der Waals surface area contributed by atoms with Gasteiger partial charge in [-0.25, -0.2) is 8.42 Å². The minimum atomic E-state index is -3.73. The highest BCUT2D eigenvalue weighted by atomic mass is 32.2. The van der Waals surface area contributed by atoms with Crippen LogP contribution in [0.25, 0.3) is 0 Å². The molecular weight excluding hydrogens is 474 g/mol. The molecule has 0 aliphatic heterocycles. The minimum absolute atomic E-state index is 0.128. The number of hydrogen-bond acceptors (Lipinski definition) is 4. The summed E-state index contributed by atoms with van der Waals surface area (Å²) < 4.78 is 26.5. The number of carbonyl (C=O) groups excluding carboxylic acids is 2. The lowest BCUT2D eigenvalue weighted by Gasteiger charge is -2.33. The van der Waals surface area contributed by atoms with Gasteiger partial charge in [-0.15, -0.1) is 0 Å². The van der Waals surface area contributed by atoms with Crippen molar-refractivity contribution in [2.75, 3.05) is 23.7 Å². The molecule has 1 aliphatic carbocycles. The van der Waals surface area contributed by atoms with Crippen molar-refractivity contribution in [1.82, 2.24) is 10.2 Å². The molecule has 196 valence electrons. The number of amides is 2. The Balaban J connectivity index is 1.82. The van der Waals surface area contributed by atoms with Gasteiger partial charge < -0.3 is 10.2 Å². The van der Waals surface area contributed by atoms with Crippen molar-refractivity contribution < 1.29 is 18.0 Å². The second kappa shape index (κ2) is 12.4. The van der Waals surface area contributed by atoms with Crippen LogP contribution in [0.5, 0.6) is 0 Å². The van der Waals surface area contributed by atoms with E-state index < -0.39 is 22.0 Å². The maximum Gasteiger partial charge on any atom is 0.244 e. The van der Waals surface area contributed by atoms with E-state index in [9.17, 15) is 18.0 Å². The summed E-state index contributed by atoms with van der Waals surface area (Å²) in [6.45, 7) is 5.53. The highest BCUT2D eigenvalue weighted by Crippen LogP contribution is 2.22. The van der Waals surface area contributed by atoms with E-state index in [0.29, 0.717) is 18.7 Å². The molecule has 0 unspecified atom stereocenters. The molecule has 2 aromatic carbocycles. The van der Waals surface area contributed by atoms with Crippen LogP contribution in [-0.4, -0.2) is 56.6 Å². The van der Waals surface area contributed by atoms with Crippen LogP contribution in [0.3, 0.4) is 0 Å². The van der Waals surface area contributed by atoms with Crippen LogP contribution < -0.4 is 9.62 Å². The Morgan fingerprint density at radius 1 is 1.00 bits per heavy atom. The normalized spacial score (nSPS) is 15.2. The van der Waals surface area contributed by atoms with E-state index in [1.54, 1.807) is 19.1 Å². The SMILES string of the molecule is Cc1ccc(N(CC(=O)N(CCc2ccccc2)[C@H](C)C(=O)NC2CCCCC2)S(C)(=O)=O)cc1C. The smallest absolute Gasteiger partial charge is 0.244 e. The summed E-state index contributed by atoms with van der Waals surface area (Å²) in [5.41, 5.74) is 3.46. The molecule has 0 aromatic heterocycles. The Morgan fingerprint density at radius 3 is 2.28 bits per heavy atom. The molecule has 0 saturated heterocycles. The quantitative estimate of drug-likeness (QED) is 0.521. The highest BCUT2D eigenvalue weighted by molar-refractivity contribution is 7.92. The number of nitrogens with one attached hydrogen (secondary N) is 1. The maximum atomic E-state index is 13.6. The summed E-state index contributed by atoms with van der Waals surface area (Å²) in [6.07, 6.45) is 6.93. The molecule has 1 fully saturated rings. The third-order valence-corrected chi connectivity index (χ3v) is 8.20. The molecule has 0 spiro atoms. The predicted octanol–water partition coefficient (Wildman–Crippen LogP) is 3.98. The average Bonchev–Trinajstić information content (AvgIpc) is 2.85. The topological polar surface area (TPSA) is 86.8 Å². The first kappa shape index (κ1) is 27.7. The Hall–Kier alpha value is -2.87. The van der Waals surface area contributed by atoms with Gasteiger partial charge in [0.05, 0.1) is 11.9 Å². The maximum absolute atomic E-state index is 13.6. The number of benzene rings is 2. The van der Waals surface area contributed by atoms with E-state index in [2.05, 4.69) is 5.32 Å². The fourth-order valence-corrected chi connectivity index (χ4v) is 5.47. The van der Waals surface area contributed by atoms with Gasteiger partial charge in [-0.2, -0.15) is 0 Å². The van der Waals surface area contributed by atoms with Crippen LogP contribution in [0.4, 0.5) is 5.69 Å². The van der Waals surface area contributed by atoms with Gasteiger partial charge in [-0.05, 0) is 68.9 Å². The van der Waals surface area contributed by atoms with Gasteiger partial charge in [-0.3, -0.25) is 13.9 Å². The molecule has 7 nitrogen and oxygen atoms in total. The Morgan fingerprint density at radius 2 is 1.67 bits per heavy atom. The van der Waals surface area contributed by atoms with E-state index in [0.717, 1.165) is 52.9 Å². The largest absolute Gasteiger partial charge is 0.352 e. The molecule has 3 rings (SSSR count). The Kier molecular flexibility index (Phi) is 9.54. The number of hydrogen-bond donors (Lipinski definition) is 1. The first-order chi connectivity index (χ1) is 17.1. The second-order valence-electron chi connectivity index (χ2n) is 9.88. The average molecular weight is 514 g/mol. The third-order valence-electron chi connectivity index (χ3n) is 7.06. The van der Waals surface area contributed by atoms with Crippen LogP contribution in [0, 0.1) is 13.8 Å². The second-order valence-corrected chi connectivity index (χ2v) is 11.8. The van der Waals surface area contributed by atoms with E-state index in [4.69, 9.17) is 0 Å². The molecular formula is C28H39N3O4S. The number of anilines is 1. The lowest BCUT2D eigenvalue weighted by atomic mass is 9.95. The molecule has 1 aliphatic rings. The number of aryl methyl sites for hydroxylation is 2. The van der Waals surface area contributed by atoms with Crippen LogP contribution in [0.15, 0.2) is 48.5 Å². The van der Waals surface area contributed by atoms with Crippen molar-refractivity contribution in [3.63, 3.8) is 0 Å². The molecule has 1 N–H and O–H groups in total. The fourth-order valence-electron chi connectivity index (χ4n) is 4.63. The third kappa shape index (κ3) is 7.56. The summed E-state index contributed by atoms with van der Waals surface area (Å²) in [4.78, 5) is 28.3. The molecule has 8 heteroatoms. The Labute approximate surface area is 215 Å². The lowest BCUT2D eigenvalue weighted by molar-refractivity contribution is -0.139. The molecule has 1 saturated carbocycles. The predicted molar refractivity (Wildman–Crippen MR) is 144 cm³/mol. The monoisotopic (exact) mass is 513 g/mol. The summed E-state index contributed by atoms with van der Waals surface area (Å²) in [6, 6.07) is 14.5. The van der Waals surface area contributed by atoms with Crippen molar-refractivity contribution in [1.29, 1.82) is 0 Å². The molecule has 36 heavy (non-hydrogen) atoms. The standard InChI is InChI=1S/C28H39N3O4S/c1-21-15-16-26(19-22(21)2)31(36(4,34)35)20-27(32)30(18-17-24-11-7-5-8-12-24)23(3)28(33)29-25-13-9-6-10-14-25/h5,7-8,11-12,15-16,19,23,25H,6,9-10,13-14,17-18,20H2,1-4H3,(H,29,33)/t23-/m1/s1. The minimum Gasteiger partial charge on any atom is -0.352 e. The van der Waals surface area contributed by atoms with Gasteiger partial charge >= 0.3 is 0 Å². The first-order valence-electron chi connectivity index (χ1n) is 12.7. The first-order valence-corrected chi connectivity index (χ1v) is 14.6. The van der Waals surface area contributed by atoms with Crippen molar-refractivity contribution >= 4 is 27.5 Å². The van der Waals surface area contributed by atoms with E-state index in [1.165, 1.54) is 11.3 Å². The van der Waals surface area contributed by atoms with Gasteiger partial charge in [0.1, 0.15) is 12.6 Å². The van der Waals surface area contributed by atoms with E-state index in [-0.39, 0.29) is 18.5 Å². The van der Waals surface area contributed by atoms with E-state index >= 15 is 0 Å². The Bertz CT molecular complexity index is 1140. The summed E-state index contributed by atoms with van der Waals surface area (Å²) in [5.74, 6) is -0.596. The van der Waals surface area contributed by atoms with E-state index in [1.807, 2.05) is 50.2 Å². The molecule has 2 amide bonds. The van der Waals surface area contributed by atoms with Crippen LogP contribution in [0.2, 0.25) is 0 Å². The number of sulfonamides is 1. The van der Waals surface area contributed by atoms with Crippen molar-refractivity contribution in [3.8, 4) is 0 Å². The molecule has 0 radical (unpaired) electrons. The van der Waals surface area contributed by atoms with Crippen molar-refractivity contribution in [2.24, 2.45) is 0 Å². The zero-order valence-electron chi connectivity index (χ0n) is 21.9. The van der Waals surface area contributed by atoms with Crippen LogP contribution >= 0.6 is 0 Å². The number of rotatable bonds is 10. The lowest BCUT2D eigenvalue weighted by Crippen LogP contribution is -2.53. The van der Waals surface area contributed by atoms with Gasteiger partial charge in [0, 0.05) is 12.6 Å². The molecule has 1 atom stereocenters. The zero-order chi connectivity index (χ0) is 26.3. The van der Waals surface area contributed by atoms with Gasteiger partial charge in [-0.1, -0.05) is 55.7 Å². The van der Waals surface area contributed by atoms with Gasteiger partial charge in [0.15, 0.2) is 0 Å².